The quantitative estimate of drug-likeness (QED) is 0.0262. The van der Waals surface area contributed by atoms with Crippen molar-refractivity contribution in [2.24, 2.45) is 0 Å². The number of carbonyl (C=O) groups excluding carboxylic acids is 3. The van der Waals surface area contributed by atoms with E-state index in [-0.39, 0.29) is 31.6 Å². The molecule has 6 nitrogen and oxygen atoms in total. The molecule has 1 unspecified atom stereocenters. The first kappa shape index (κ1) is 60.8. The summed E-state index contributed by atoms with van der Waals surface area (Å²) in [6, 6.07) is 0. The number of hydrogen-bond acceptors (Lipinski definition) is 6. The first-order valence-corrected chi connectivity index (χ1v) is 26.0. The van der Waals surface area contributed by atoms with E-state index in [0.29, 0.717) is 19.3 Å². The molecule has 0 aromatic carbocycles. The number of unbranched alkanes of at least 4 members (excludes halogenated alkanes) is 14. The highest BCUT2D eigenvalue weighted by atomic mass is 16.6. The lowest BCUT2D eigenvalue weighted by molar-refractivity contribution is -0.166. The molecule has 0 aromatic heterocycles. The van der Waals surface area contributed by atoms with Crippen LogP contribution in [-0.4, -0.2) is 37.2 Å². The fraction of sp³-hybridized carbons (Fsp3) is 0.610. The first-order valence-electron chi connectivity index (χ1n) is 26.0. The molecule has 0 saturated heterocycles. The Morgan fingerprint density at radius 2 is 0.631 bits per heavy atom. The van der Waals surface area contributed by atoms with E-state index in [9.17, 15) is 14.4 Å². The van der Waals surface area contributed by atoms with Gasteiger partial charge in [-0.3, -0.25) is 14.4 Å². The van der Waals surface area contributed by atoms with Crippen molar-refractivity contribution in [1.29, 1.82) is 0 Å². The third-order valence-electron chi connectivity index (χ3n) is 10.5. The van der Waals surface area contributed by atoms with Crippen molar-refractivity contribution in [2.75, 3.05) is 13.2 Å². The van der Waals surface area contributed by atoms with E-state index in [0.717, 1.165) is 109 Å². The summed E-state index contributed by atoms with van der Waals surface area (Å²) in [4.78, 5) is 37.7. The third-order valence-corrected chi connectivity index (χ3v) is 10.5. The zero-order chi connectivity index (χ0) is 47.2. The molecule has 0 fully saturated rings. The summed E-state index contributed by atoms with van der Waals surface area (Å²) in [6.07, 6.45) is 72.2. The van der Waals surface area contributed by atoms with Gasteiger partial charge >= 0.3 is 17.9 Å². The summed E-state index contributed by atoms with van der Waals surface area (Å²) in [5.74, 6) is -1.02. The second kappa shape index (κ2) is 52.4. The Morgan fingerprint density at radius 3 is 1.00 bits per heavy atom. The minimum absolute atomic E-state index is 0.111. The van der Waals surface area contributed by atoms with E-state index in [4.69, 9.17) is 14.2 Å². The average Bonchev–Trinajstić information content (AvgIpc) is 3.30. The summed E-state index contributed by atoms with van der Waals surface area (Å²) < 4.78 is 16.6. The van der Waals surface area contributed by atoms with Crippen LogP contribution in [0, 0.1) is 0 Å². The second-order valence-electron chi connectivity index (χ2n) is 16.7. The highest BCUT2D eigenvalue weighted by Crippen LogP contribution is 2.13. The predicted molar refractivity (Wildman–Crippen MR) is 279 cm³/mol. The molecule has 366 valence electrons. The number of ether oxygens (including phenoxy) is 3. The highest BCUT2D eigenvalue weighted by molar-refractivity contribution is 5.71. The number of hydrogen-bond donors (Lipinski definition) is 0. The Kier molecular flexibility index (Phi) is 49.1. The van der Waals surface area contributed by atoms with Gasteiger partial charge in [-0.05, 0) is 96.3 Å². The van der Waals surface area contributed by atoms with Crippen LogP contribution in [0.3, 0.4) is 0 Å². The zero-order valence-electron chi connectivity index (χ0n) is 41.7. The largest absolute Gasteiger partial charge is 0.462 e. The summed E-state index contributed by atoms with van der Waals surface area (Å²) in [6.45, 7) is 6.27. The molecule has 65 heavy (non-hydrogen) atoms. The zero-order valence-corrected chi connectivity index (χ0v) is 41.7. The molecule has 0 bridgehead atoms. The summed E-state index contributed by atoms with van der Waals surface area (Å²) >= 11 is 0. The van der Waals surface area contributed by atoms with Gasteiger partial charge in [0.15, 0.2) is 6.10 Å². The summed E-state index contributed by atoms with van der Waals surface area (Å²) in [7, 11) is 0. The predicted octanol–water partition coefficient (Wildman–Crippen LogP) is 17.3. The monoisotopic (exact) mass is 899 g/mol. The normalized spacial score (nSPS) is 13.1. The van der Waals surface area contributed by atoms with Crippen LogP contribution in [0.5, 0.6) is 0 Å². The van der Waals surface area contributed by atoms with E-state index >= 15 is 0 Å². The van der Waals surface area contributed by atoms with Crippen LogP contribution >= 0.6 is 0 Å². The van der Waals surface area contributed by atoms with Crippen LogP contribution in [0.4, 0.5) is 0 Å². The van der Waals surface area contributed by atoms with Crippen LogP contribution in [0.2, 0.25) is 0 Å². The Bertz CT molecular complexity index is 1400. The second-order valence-corrected chi connectivity index (χ2v) is 16.7. The van der Waals surface area contributed by atoms with Gasteiger partial charge in [-0.1, -0.05) is 219 Å². The van der Waals surface area contributed by atoms with Crippen LogP contribution in [-0.2, 0) is 28.6 Å². The van der Waals surface area contributed by atoms with Crippen LogP contribution in [0.15, 0.2) is 122 Å². The molecule has 0 rings (SSSR count). The molecule has 0 aliphatic rings. The van der Waals surface area contributed by atoms with Crippen molar-refractivity contribution in [1.82, 2.24) is 0 Å². The van der Waals surface area contributed by atoms with Crippen molar-refractivity contribution in [3.8, 4) is 0 Å². The molecule has 0 aliphatic heterocycles. The molecule has 0 aromatic rings. The Balaban J connectivity index is 4.26. The minimum atomic E-state index is -0.818. The van der Waals surface area contributed by atoms with E-state index in [1.54, 1.807) is 0 Å². The molecule has 0 N–H and O–H groups in total. The minimum Gasteiger partial charge on any atom is -0.462 e. The topological polar surface area (TPSA) is 78.9 Å². The van der Waals surface area contributed by atoms with Crippen molar-refractivity contribution >= 4 is 17.9 Å². The lowest BCUT2D eigenvalue weighted by Gasteiger charge is -2.18. The molecule has 0 radical (unpaired) electrons. The van der Waals surface area contributed by atoms with E-state index in [2.05, 4.69) is 130 Å². The first-order chi connectivity index (χ1) is 32.0. The summed E-state index contributed by atoms with van der Waals surface area (Å²) in [5.41, 5.74) is 0. The smallest absolute Gasteiger partial charge is 0.306 e. The SMILES string of the molecule is CC/C=C\C/C=C\C/C=C\C/C=C\C/C=C\C/C=C\CCCCCCCCCCC(=O)OCC(COC(=O)CCCCCCCCC)OC(=O)CC/C=C\C/C=C\C/C=C\C/C=C\CC. The fourth-order valence-corrected chi connectivity index (χ4v) is 6.63. The number of allylic oxidation sites excluding steroid dienone is 20. The maximum absolute atomic E-state index is 12.7. The van der Waals surface area contributed by atoms with Gasteiger partial charge in [-0.2, -0.15) is 0 Å². The van der Waals surface area contributed by atoms with Crippen molar-refractivity contribution in [3.05, 3.63) is 122 Å². The standard InChI is InChI=1S/C59H94O6/c1-4-7-10-13-16-18-20-22-23-24-25-26-27-28-29-30-31-32-33-34-35-37-38-40-43-46-49-52-58(61)64-55-56(54-63-57(60)51-48-45-42-15-12-9-6-3)65-59(62)53-50-47-44-41-39-36-21-19-17-14-11-8-5-2/h7-8,10-11,16-19,22-23,25-26,28-29,31-32,36,39,44,47,56H,4-6,9,12-15,20-21,24,27,30,33-35,37-38,40-43,45-46,48-55H2,1-3H3/b10-7-,11-8-,18-16-,19-17-,23-22-,26-25-,29-28-,32-31-,39-36-,47-44-. The Hall–Kier alpha value is -4.19. The van der Waals surface area contributed by atoms with Crippen molar-refractivity contribution < 1.29 is 28.6 Å². The van der Waals surface area contributed by atoms with Crippen LogP contribution in [0.1, 0.15) is 213 Å². The van der Waals surface area contributed by atoms with Gasteiger partial charge in [-0.15, -0.1) is 0 Å². The van der Waals surface area contributed by atoms with Gasteiger partial charge in [-0.25, -0.2) is 0 Å². The van der Waals surface area contributed by atoms with Gasteiger partial charge in [0.2, 0.25) is 0 Å². The molecular weight excluding hydrogens is 805 g/mol. The number of esters is 3. The molecule has 0 spiro atoms. The van der Waals surface area contributed by atoms with Crippen molar-refractivity contribution in [2.45, 2.75) is 219 Å². The summed E-state index contributed by atoms with van der Waals surface area (Å²) in [5, 5.41) is 0. The molecule has 0 aliphatic carbocycles. The molecule has 6 heteroatoms. The molecule has 1 atom stereocenters. The van der Waals surface area contributed by atoms with Crippen LogP contribution < -0.4 is 0 Å². The lowest BCUT2D eigenvalue weighted by Crippen LogP contribution is -2.30. The van der Waals surface area contributed by atoms with Crippen molar-refractivity contribution in [3.63, 3.8) is 0 Å². The van der Waals surface area contributed by atoms with E-state index < -0.39 is 12.1 Å². The number of rotatable bonds is 45. The average molecular weight is 899 g/mol. The van der Waals surface area contributed by atoms with Gasteiger partial charge in [0.25, 0.3) is 0 Å². The maximum atomic E-state index is 12.7. The molecule has 0 saturated carbocycles. The Labute approximate surface area is 399 Å². The fourth-order valence-electron chi connectivity index (χ4n) is 6.63. The number of carbonyl (C=O) groups is 3. The maximum Gasteiger partial charge on any atom is 0.306 e. The molecule has 0 heterocycles. The molecular formula is C59H94O6. The highest BCUT2D eigenvalue weighted by Gasteiger charge is 2.19. The third kappa shape index (κ3) is 50.7. The van der Waals surface area contributed by atoms with Gasteiger partial charge in [0.05, 0.1) is 0 Å². The van der Waals surface area contributed by atoms with Crippen LogP contribution in [0.25, 0.3) is 0 Å². The van der Waals surface area contributed by atoms with E-state index in [1.165, 1.54) is 57.8 Å². The van der Waals surface area contributed by atoms with E-state index in [1.807, 2.05) is 12.2 Å². The van der Waals surface area contributed by atoms with Gasteiger partial charge in [0.1, 0.15) is 13.2 Å². The lowest BCUT2D eigenvalue weighted by atomic mass is 10.1. The van der Waals surface area contributed by atoms with Gasteiger partial charge in [0, 0.05) is 19.3 Å². The Morgan fingerprint density at radius 1 is 0.323 bits per heavy atom. The molecule has 0 amide bonds. The van der Waals surface area contributed by atoms with Gasteiger partial charge < -0.3 is 14.2 Å².